The summed E-state index contributed by atoms with van der Waals surface area (Å²) in [6.45, 7) is 2.45. The van der Waals surface area contributed by atoms with Crippen LogP contribution in [0, 0.1) is 0 Å². The second-order valence-electron chi connectivity index (χ2n) is 6.94. The van der Waals surface area contributed by atoms with Gasteiger partial charge in [-0.05, 0) is 61.5 Å². The van der Waals surface area contributed by atoms with Gasteiger partial charge in [0.2, 0.25) is 5.91 Å². The molecule has 4 rings (SSSR count). The SMILES string of the molecule is CCOc1ccc(-n2c(SCC(=O)Nc3ccc(Cl)c(Cl)c3)nc3ccccc3c2=O)cc1. The highest BCUT2D eigenvalue weighted by molar-refractivity contribution is 7.99. The monoisotopic (exact) mass is 499 g/mol. The number of carbonyl (C=O) groups excluding carboxylic acids is 1. The zero-order valence-corrected chi connectivity index (χ0v) is 19.9. The Morgan fingerprint density at radius 1 is 1.06 bits per heavy atom. The number of aromatic nitrogens is 2. The van der Waals surface area contributed by atoms with Crippen molar-refractivity contribution < 1.29 is 9.53 Å². The molecule has 0 aliphatic heterocycles. The molecule has 1 heterocycles. The number of nitrogens with zero attached hydrogens (tertiary/aromatic N) is 2. The summed E-state index contributed by atoms with van der Waals surface area (Å²) in [7, 11) is 0. The van der Waals surface area contributed by atoms with Crippen molar-refractivity contribution in [2.45, 2.75) is 12.1 Å². The highest BCUT2D eigenvalue weighted by atomic mass is 35.5. The molecule has 0 unspecified atom stereocenters. The summed E-state index contributed by atoms with van der Waals surface area (Å²) < 4.78 is 7.01. The molecule has 1 amide bonds. The Morgan fingerprint density at radius 2 is 1.82 bits per heavy atom. The van der Waals surface area contributed by atoms with Crippen molar-refractivity contribution >= 4 is 57.5 Å². The predicted octanol–water partition coefficient (Wildman–Crippen LogP) is 5.82. The molecule has 1 N–H and O–H groups in total. The number of fused-ring (bicyclic) bond motifs is 1. The van der Waals surface area contributed by atoms with Crippen molar-refractivity contribution in [3.63, 3.8) is 0 Å². The zero-order valence-electron chi connectivity index (χ0n) is 17.5. The third kappa shape index (κ3) is 5.33. The fraction of sp³-hybridized carbons (Fsp3) is 0.125. The van der Waals surface area contributed by atoms with Crippen LogP contribution < -0.4 is 15.6 Å². The van der Waals surface area contributed by atoms with Gasteiger partial charge in [-0.3, -0.25) is 14.2 Å². The molecule has 0 radical (unpaired) electrons. The van der Waals surface area contributed by atoms with Gasteiger partial charge in [-0.25, -0.2) is 4.98 Å². The Balaban J connectivity index is 1.64. The number of hydrogen-bond acceptors (Lipinski definition) is 5. The largest absolute Gasteiger partial charge is 0.494 e. The number of nitrogens with one attached hydrogen (secondary N) is 1. The molecule has 33 heavy (non-hydrogen) atoms. The third-order valence-corrected chi connectivity index (χ3v) is 6.36. The van der Waals surface area contributed by atoms with Crippen molar-refractivity contribution in [3.8, 4) is 11.4 Å². The van der Waals surface area contributed by atoms with Crippen LogP contribution in [0.4, 0.5) is 5.69 Å². The fourth-order valence-corrected chi connectivity index (χ4v) is 4.31. The number of hydrogen-bond donors (Lipinski definition) is 1. The lowest BCUT2D eigenvalue weighted by Crippen LogP contribution is -2.23. The Hall–Kier alpha value is -3.00. The molecule has 0 atom stereocenters. The molecule has 6 nitrogen and oxygen atoms in total. The average Bonchev–Trinajstić information content (AvgIpc) is 2.81. The van der Waals surface area contributed by atoms with Crippen LogP contribution in [0.25, 0.3) is 16.6 Å². The van der Waals surface area contributed by atoms with Crippen molar-refractivity contribution in [3.05, 3.63) is 87.1 Å². The van der Waals surface area contributed by atoms with Crippen LogP contribution in [0.5, 0.6) is 5.75 Å². The number of thioether (sulfide) groups is 1. The number of anilines is 1. The van der Waals surface area contributed by atoms with E-state index in [1.54, 1.807) is 60.7 Å². The maximum Gasteiger partial charge on any atom is 0.266 e. The minimum atomic E-state index is -0.265. The quantitative estimate of drug-likeness (QED) is 0.256. The number of rotatable bonds is 7. The molecule has 3 aromatic carbocycles. The van der Waals surface area contributed by atoms with Crippen LogP contribution in [-0.4, -0.2) is 27.8 Å². The van der Waals surface area contributed by atoms with Crippen LogP contribution in [0.15, 0.2) is 76.7 Å². The summed E-state index contributed by atoms with van der Waals surface area (Å²) in [5.74, 6) is 0.486. The van der Waals surface area contributed by atoms with E-state index in [0.717, 1.165) is 0 Å². The molecule has 168 valence electrons. The van der Waals surface area contributed by atoms with E-state index < -0.39 is 0 Å². The second-order valence-corrected chi connectivity index (χ2v) is 8.70. The van der Waals surface area contributed by atoms with Gasteiger partial charge in [0.05, 0.1) is 39.0 Å². The van der Waals surface area contributed by atoms with E-state index in [-0.39, 0.29) is 17.2 Å². The molecule has 4 aromatic rings. The molecule has 0 fully saturated rings. The van der Waals surface area contributed by atoms with Crippen LogP contribution in [0.3, 0.4) is 0 Å². The average molecular weight is 500 g/mol. The topological polar surface area (TPSA) is 73.2 Å². The molecule has 0 saturated carbocycles. The number of ether oxygens (including phenoxy) is 1. The molecular weight excluding hydrogens is 481 g/mol. The highest BCUT2D eigenvalue weighted by Crippen LogP contribution is 2.26. The smallest absolute Gasteiger partial charge is 0.266 e. The van der Waals surface area contributed by atoms with Crippen molar-refractivity contribution in [2.24, 2.45) is 0 Å². The number of halogens is 2. The zero-order chi connectivity index (χ0) is 23.4. The molecule has 0 aliphatic carbocycles. The molecule has 1 aromatic heterocycles. The van der Waals surface area contributed by atoms with Gasteiger partial charge in [-0.2, -0.15) is 0 Å². The van der Waals surface area contributed by atoms with Crippen molar-refractivity contribution in [1.82, 2.24) is 9.55 Å². The minimum Gasteiger partial charge on any atom is -0.494 e. The van der Waals surface area contributed by atoms with Gasteiger partial charge in [0.1, 0.15) is 5.75 Å². The Bertz CT molecular complexity index is 1370. The number of amides is 1. The number of para-hydroxylation sites is 1. The van der Waals surface area contributed by atoms with Gasteiger partial charge >= 0.3 is 0 Å². The van der Waals surface area contributed by atoms with Crippen LogP contribution in [-0.2, 0) is 4.79 Å². The highest BCUT2D eigenvalue weighted by Gasteiger charge is 2.15. The lowest BCUT2D eigenvalue weighted by atomic mass is 10.2. The van der Waals surface area contributed by atoms with Crippen molar-refractivity contribution in [2.75, 3.05) is 17.7 Å². The lowest BCUT2D eigenvalue weighted by Gasteiger charge is -2.14. The predicted molar refractivity (Wildman–Crippen MR) is 134 cm³/mol. The van der Waals surface area contributed by atoms with Crippen LogP contribution in [0.1, 0.15) is 6.92 Å². The van der Waals surface area contributed by atoms with Gasteiger partial charge in [0.25, 0.3) is 5.56 Å². The number of benzene rings is 3. The van der Waals surface area contributed by atoms with Crippen LogP contribution in [0.2, 0.25) is 10.0 Å². The van der Waals surface area contributed by atoms with Gasteiger partial charge in [-0.1, -0.05) is 47.1 Å². The first-order valence-electron chi connectivity index (χ1n) is 10.1. The van der Waals surface area contributed by atoms with Crippen molar-refractivity contribution in [1.29, 1.82) is 0 Å². The Kier molecular flexibility index (Phi) is 7.23. The first kappa shape index (κ1) is 23.2. The standard InChI is InChI=1S/C24H19Cl2N3O3S/c1-2-32-17-10-8-16(9-11-17)29-23(31)18-5-3-4-6-21(18)28-24(29)33-14-22(30)27-15-7-12-19(25)20(26)13-15/h3-13H,2,14H2,1H3,(H,27,30). The normalized spacial score (nSPS) is 10.9. The fourth-order valence-electron chi connectivity index (χ4n) is 3.20. The first-order valence-corrected chi connectivity index (χ1v) is 11.8. The van der Waals surface area contributed by atoms with Gasteiger partial charge < -0.3 is 10.1 Å². The summed E-state index contributed by atoms with van der Waals surface area (Å²) in [4.78, 5) is 30.5. The maximum absolute atomic E-state index is 13.3. The molecule has 0 saturated heterocycles. The van der Waals surface area contributed by atoms with E-state index in [4.69, 9.17) is 27.9 Å². The van der Waals surface area contributed by atoms with E-state index in [2.05, 4.69) is 10.3 Å². The molecule has 0 spiro atoms. The van der Waals surface area contributed by atoms with Crippen LogP contribution >= 0.6 is 35.0 Å². The van der Waals surface area contributed by atoms with E-state index in [0.29, 0.717) is 49.8 Å². The van der Waals surface area contributed by atoms with E-state index in [1.807, 2.05) is 13.0 Å². The molecule has 0 bridgehead atoms. The minimum absolute atomic E-state index is 0.0437. The first-order chi connectivity index (χ1) is 16.0. The lowest BCUT2D eigenvalue weighted by molar-refractivity contribution is -0.113. The van der Waals surface area contributed by atoms with E-state index >= 15 is 0 Å². The van der Waals surface area contributed by atoms with Gasteiger partial charge in [0.15, 0.2) is 5.16 Å². The van der Waals surface area contributed by atoms with Gasteiger partial charge in [0, 0.05) is 5.69 Å². The van der Waals surface area contributed by atoms with Gasteiger partial charge in [-0.15, -0.1) is 0 Å². The summed E-state index contributed by atoms with van der Waals surface area (Å²) in [6, 6.07) is 19.2. The molecule has 0 aliphatic rings. The summed E-state index contributed by atoms with van der Waals surface area (Å²) >= 11 is 13.1. The van der Waals surface area contributed by atoms with E-state index in [1.165, 1.54) is 16.3 Å². The summed E-state index contributed by atoms with van der Waals surface area (Å²) in [5, 5.41) is 4.44. The number of carbonyl (C=O) groups is 1. The maximum atomic E-state index is 13.3. The Labute approximate surface area is 204 Å². The van der Waals surface area contributed by atoms with E-state index in [9.17, 15) is 9.59 Å². The third-order valence-electron chi connectivity index (χ3n) is 4.69. The molecular formula is C24H19Cl2N3O3S. The summed E-state index contributed by atoms with van der Waals surface area (Å²) in [6.07, 6.45) is 0. The molecule has 9 heteroatoms. The second kappa shape index (κ2) is 10.3. The Morgan fingerprint density at radius 3 is 2.55 bits per heavy atom. The summed E-state index contributed by atoms with van der Waals surface area (Å²) in [5.41, 5.74) is 1.52.